The van der Waals surface area contributed by atoms with Gasteiger partial charge in [-0.25, -0.2) is 8.78 Å². The maximum atomic E-state index is 13.2. The number of likely N-dealkylation sites (N-methyl/N-ethyl adjacent to an activating group) is 1. The first-order valence-corrected chi connectivity index (χ1v) is 4.42. The van der Waals surface area contributed by atoms with E-state index >= 15 is 0 Å². The molecule has 16 heavy (non-hydrogen) atoms. The predicted octanol–water partition coefficient (Wildman–Crippen LogP) is 1.30. The number of hydrogen-bond donors (Lipinski definition) is 1. The first-order valence-electron chi connectivity index (χ1n) is 4.42. The Morgan fingerprint density at radius 3 is 2.56 bits per heavy atom. The van der Waals surface area contributed by atoms with Gasteiger partial charge in [0, 0.05) is 25.2 Å². The third kappa shape index (κ3) is 3.75. The minimum atomic E-state index is -0.660. The number of carbonyl (C=O) groups excluding carboxylic acids is 1. The Kier molecular flexibility index (Phi) is 5.92. The molecule has 1 aromatic rings. The third-order valence-corrected chi connectivity index (χ3v) is 2.02. The molecule has 2 N–H and O–H groups in total. The van der Waals surface area contributed by atoms with Gasteiger partial charge in [0.25, 0.3) is 0 Å². The van der Waals surface area contributed by atoms with Crippen LogP contribution in [0.1, 0.15) is 5.56 Å². The molecule has 0 unspecified atom stereocenters. The van der Waals surface area contributed by atoms with Gasteiger partial charge in [-0.1, -0.05) is 6.07 Å². The van der Waals surface area contributed by atoms with Crippen molar-refractivity contribution < 1.29 is 13.6 Å². The monoisotopic (exact) mass is 250 g/mol. The summed E-state index contributed by atoms with van der Waals surface area (Å²) < 4.78 is 25.7. The summed E-state index contributed by atoms with van der Waals surface area (Å²) in [5.74, 6) is -1.59. The highest BCUT2D eigenvalue weighted by Gasteiger charge is 2.10. The molecule has 0 aliphatic rings. The van der Waals surface area contributed by atoms with E-state index in [1.54, 1.807) is 0 Å². The summed E-state index contributed by atoms with van der Waals surface area (Å²) >= 11 is 0. The molecular weight excluding hydrogens is 238 g/mol. The van der Waals surface area contributed by atoms with Gasteiger partial charge in [0.1, 0.15) is 11.6 Å². The van der Waals surface area contributed by atoms with Crippen LogP contribution >= 0.6 is 12.4 Å². The maximum Gasteiger partial charge on any atom is 0.236 e. The normalized spacial score (nSPS) is 9.50. The van der Waals surface area contributed by atoms with Crippen molar-refractivity contribution >= 4 is 18.3 Å². The van der Waals surface area contributed by atoms with Gasteiger partial charge in [0.15, 0.2) is 0 Å². The van der Waals surface area contributed by atoms with E-state index in [1.165, 1.54) is 18.0 Å². The Balaban J connectivity index is 0.00000225. The van der Waals surface area contributed by atoms with Crippen molar-refractivity contribution in [1.82, 2.24) is 4.90 Å². The van der Waals surface area contributed by atoms with Gasteiger partial charge in [-0.15, -0.1) is 12.4 Å². The smallest absolute Gasteiger partial charge is 0.236 e. The van der Waals surface area contributed by atoms with Crippen LogP contribution in [0, 0.1) is 11.6 Å². The Morgan fingerprint density at radius 1 is 1.44 bits per heavy atom. The Morgan fingerprint density at radius 2 is 2.06 bits per heavy atom. The van der Waals surface area contributed by atoms with Gasteiger partial charge in [0.05, 0.1) is 6.54 Å². The molecule has 0 aromatic heterocycles. The molecule has 0 fully saturated rings. The zero-order valence-corrected chi connectivity index (χ0v) is 9.56. The molecule has 0 saturated carbocycles. The molecule has 0 atom stereocenters. The standard InChI is InChI=1S/C10H12F2N2O.ClH/c1-14(10(15)5-13)6-7-2-3-8(11)4-9(7)12;/h2-4H,5-6,13H2,1H3;1H. The lowest BCUT2D eigenvalue weighted by Crippen LogP contribution is -2.32. The van der Waals surface area contributed by atoms with Crippen molar-refractivity contribution in [3.05, 3.63) is 35.4 Å². The zero-order valence-electron chi connectivity index (χ0n) is 8.74. The fourth-order valence-electron chi connectivity index (χ4n) is 1.15. The molecule has 0 heterocycles. The largest absolute Gasteiger partial charge is 0.340 e. The first kappa shape index (κ1) is 14.8. The summed E-state index contributed by atoms with van der Waals surface area (Å²) in [6, 6.07) is 3.25. The summed E-state index contributed by atoms with van der Waals surface area (Å²) in [4.78, 5) is 12.4. The van der Waals surface area contributed by atoms with E-state index in [9.17, 15) is 13.6 Å². The fraction of sp³-hybridized carbons (Fsp3) is 0.300. The van der Waals surface area contributed by atoms with E-state index in [2.05, 4.69) is 0 Å². The van der Waals surface area contributed by atoms with Crippen LogP contribution in [0.3, 0.4) is 0 Å². The van der Waals surface area contributed by atoms with Gasteiger partial charge in [0.2, 0.25) is 5.91 Å². The van der Waals surface area contributed by atoms with Gasteiger partial charge in [-0.2, -0.15) is 0 Å². The second kappa shape index (κ2) is 6.40. The molecule has 90 valence electrons. The van der Waals surface area contributed by atoms with Crippen LogP contribution in [0.15, 0.2) is 18.2 Å². The topological polar surface area (TPSA) is 46.3 Å². The summed E-state index contributed by atoms with van der Waals surface area (Å²) in [7, 11) is 1.51. The van der Waals surface area contributed by atoms with Crippen LogP contribution in [0.25, 0.3) is 0 Å². The number of nitrogens with two attached hydrogens (primary N) is 1. The van der Waals surface area contributed by atoms with Crippen molar-refractivity contribution in [2.45, 2.75) is 6.54 Å². The molecular formula is C10H13ClF2N2O. The molecule has 0 aliphatic heterocycles. The highest BCUT2D eigenvalue weighted by molar-refractivity contribution is 5.85. The lowest BCUT2D eigenvalue weighted by atomic mass is 10.2. The molecule has 1 amide bonds. The number of amides is 1. The molecule has 0 aliphatic carbocycles. The van der Waals surface area contributed by atoms with E-state index in [1.807, 2.05) is 0 Å². The van der Waals surface area contributed by atoms with Crippen molar-refractivity contribution in [1.29, 1.82) is 0 Å². The second-order valence-corrected chi connectivity index (χ2v) is 3.19. The minimum Gasteiger partial charge on any atom is -0.340 e. The van der Waals surface area contributed by atoms with Crippen LogP contribution in [-0.2, 0) is 11.3 Å². The van der Waals surface area contributed by atoms with Gasteiger partial charge in [-0.3, -0.25) is 4.79 Å². The Labute approximate surface area is 98.6 Å². The molecule has 3 nitrogen and oxygen atoms in total. The van der Waals surface area contributed by atoms with Gasteiger partial charge >= 0.3 is 0 Å². The number of carbonyl (C=O) groups is 1. The van der Waals surface area contributed by atoms with Crippen molar-refractivity contribution in [3.8, 4) is 0 Å². The van der Waals surface area contributed by atoms with E-state index in [4.69, 9.17) is 5.73 Å². The first-order chi connectivity index (χ1) is 7.04. The SMILES string of the molecule is CN(Cc1ccc(F)cc1F)C(=O)CN.Cl. The van der Waals surface area contributed by atoms with E-state index < -0.39 is 11.6 Å². The number of nitrogens with zero attached hydrogens (tertiary/aromatic N) is 1. The van der Waals surface area contributed by atoms with Crippen molar-refractivity contribution in [3.63, 3.8) is 0 Å². The Hall–Kier alpha value is -1.20. The summed E-state index contributed by atoms with van der Waals surface area (Å²) in [5, 5.41) is 0. The zero-order chi connectivity index (χ0) is 11.4. The maximum absolute atomic E-state index is 13.2. The van der Waals surface area contributed by atoms with Crippen LogP contribution < -0.4 is 5.73 Å². The average molecular weight is 251 g/mol. The van der Waals surface area contributed by atoms with Crippen molar-refractivity contribution in [2.24, 2.45) is 5.73 Å². The summed E-state index contributed by atoms with van der Waals surface area (Å²) in [6.45, 7) is -0.0402. The molecule has 0 bridgehead atoms. The number of halogens is 3. The number of benzene rings is 1. The van der Waals surface area contributed by atoms with E-state index in [-0.39, 0.29) is 37.0 Å². The third-order valence-electron chi connectivity index (χ3n) is 2.02. The molecule has 1 rings (SSSR count). The lowest BCUT2D eigenvalue weighted by molar-refractivity contribution is -0.128. The number of hydrogen-bond acceptors (Lipinski definition) is 2. The van der Waals surface area contributed by atoms with Crippen LogP contribution in [0.2, 0.25) is 0 Å². The minimum absolute atomic E-state index is 0. The van der Waals surface area contributed by atoms with Crippen molar-refractivity contribution in [2.75, 3.05) is 13.6 Å². The van der Waals surface area contributed by atoms with Gasteiger partial charge < -0.3 is 10.6 Å². The average Bonchev–Trinajstić information content (AvgIpc) is 2.20. The van der Waals surface area contributed by atoms with Gasteiger partial charge in [-0.05, 0) is 6.07 Å². The fourth-order valence-corrected chi connectivity index (χ4v) is 1.15. The van der Waals surface area contributed by atoms with E-state index in [0.29, 0.717) is 0 Å². The summed E-state index contributed by atoms with van der Waals surface area (Å²) in [6.07, 6.45) is 0. The van der Waals surface area contributed by atoms with Crippen LogP contribution in [-0.4, -0.2) is 24.4 Å². The van der Waals surface area contributed by atoms with E-state index in [0.717, 1.165) is 12.1 Å². The van der Waals surface area contributed by atoms with Crippen LogP contribution in [0.4, 0.5) is 8.78 Å². The molecule has 0 spiro atoms. The molecule has 1 aromatic carbocycles. The highest BCUT2D eigenvalue weighted by Crippen LogP contribution is 2.11. The lowest BCUT2D eigenvalue weighted by Gasteiger charge is -2.16. The molecule has 0 radical (unpaired) electrons. The molecule has 0 saturated heterocycles. The quantitative estimate of drug-likeness (QED) is 0.879. The van der Waals surface area contributed by atoms with Crippen LogP contribution in [0.5, 0.6) is 0 Å². The summed E-state index contributed by atoms with van der Waals surface area (Å²) in [5.41, 5.74) is 5.41. The Bertz CT molecular complexity index is 374. The molecule has 6 heteroatoms. The number of rotatable bonds is 3. The predicted molar refractivity (Wildman–Crippen MR) is 59.1 cm³/mol. The highest BCUT2D eigenvalue weighted by atomic mass is 35.5. The second-order valence-electron chi connectivity index (χ2n) is 3.19.